The second-order valence-electron chi connectivity index (χ2n) is 6.65. The number of para-hydroxylation sites is 1. The molecular weight excluding hydrogens is 450 g/mol. The monoisotopic (exact) mass is 463 g/mol. The average molecular weight is 464 g/mol. The molecule has 0 aliphatic carbocycles. The summed E-state index contributed by atoms with van der Waals surface area (Å²) in [5, 5.41) is 27.3. The van der Waals surface area contributed by atoms with Crippen LogP contribution in [0.3, 0.4) is 0 Å². The van der Waals surface area contributed by atoms with Crippen molar-refractivity contribution >= 4 is 29.0 Å². The number of halogens is 1. The SMILES string of the molecule is N#Cc1cnn(-c2ccccc2)c1NC(=O)c1ccc(COc2cc([N+](=O)[O-])ccc2Cl)o1. The number of non-ortho nitro benzene ring substituents is 1. The van der Waals surface area contributed by atoms with Crippen LogP contribution in [-0.2, 0) is 6.61 Å². The van der Waals surface area contributed by atoms with Crippen LogP contribution >= 0.6 is 11.6 Å². The van der Waals surface area contributed by atoms with Gasteiger partial charge in [-0.3, -0.25) is 14.9 Å². The lowest BCUT2D eigenvalue weighted by Crippen LogP contribution is -2.15. The summed E-state index contributed by atoms with van der Waals surface area (Å²) in [6.07, 6.45) is 1.35. The third-order valence-electron chi connectivity index (χ3n) is 4.50. The van der Waals surface area contributed by atoms with Gasteiger partial charge in [-0.25, -0.2) is 4.68 Å². The largest absolute Gasteiger partial charge is 0.484 e. The maximum atomic E-state index is 12.7. The van der Waals surface area contributed by atoms with E-state index in [0.29, 0.717) is 11.4 Å². The van der Waals surface area contributed by atoms with Crippen molar-refractivity contribution in [1.29, 1.82) is 5.26 Å². The number of carbonyl (C=O) groups excluding carboxylic acids is 1. The molecule has 0 unspecified atom stereocenters. The number of nitro benzene ring substituents is 1. The van der Waals surface area contributed by atoms with E-state index in [1.165, 1.54) is 41.2 Å². The van der Waals surface area contributed by atoms with Crippen LogP contribution in [-0.4, -0.2) is 20.6 Å². The van der Waals surface area contributed by atoms with E-state index in [-0.39, 0.29) is 40.2 Å². The highest BCUT2D eigenvalue weighted by atomic mass is 35.5. The normalized spacial score (nSPS) is 10.4. The lowest BCUT2D eigenvalue weighted by molar-refractivity contribution is -0.384. The molecule has 0 bridgehead atoms. The standard InChI is InChI=1S/C22H14ClN5O5/c23-18-8-6-16(28(30)31)10-20(18)32-13-17-7-9-19(33-17)22(29)26-21-14(11-24)12-25-27(21)15-4-2-1-3-5-15/h1-10,12H,13H2,(H,26,29). The molecule has 0 aliphatic heterocycles. The molecular formula is C22H14ClN5O5. The summed E-state index contributed by atoms with van der Waals surface area (Å²) in [6, 6.07) is 17.8. The molecule has 4 rings (SSSR count). The molecule has 0 spiro atoms. The predicted molar refractivity (Wildman–Crippen MR) is 117 cm³/mol. The molecule has 2 aromatic heterocycles. The van der Waals surface area contributed by atoms with Gasteiger partial charge in [-0.1, -0.05) is 29.8 Å². The number of furan rings is 1. The number of ether oxygens (including phenoxy) is 1. The van der Waals surface area contributed by atoms with Gasteiger partial charge in [-0.15, -0.1) is 0 Å². The number of nitrogens with one attached hydrogen (secondary N) is 1. The molecule has 0 fully saturated rings. The second kappa shape index (κ2) is 9.25. The van der Waals surface area contributed by atoms with Crippen molar-refractivity contribution in [2.24, 2.45) is 0 Å². The van der Waals surface area contributed by atoms with Crippen molar-refractivity contribution in [3.05, 3.63) is 99.1 Å². The Morgan fingerprint density at radius 1 is 1.24 bits per heavy atom. The molecule has 1 amide bonds. The number of nitrogens with zero attached hydrogens (tertiary/aromatic N) is 4. The van der Waals surface area contributed by atoms with Gasteiger partial charge in [-0.05, 0) is 30.3 Å². The number of nitro groups is 1. The van der Waals surface area contributed by atoms with Gasteiger partial charge in [0.2, 0.25) is 0 Å². The first kappa shape index (κ1) is 21.6. The molecule has 0 saturated carbocycles. The van der Waals surface area contributed by atoms with Crippen LogP contribution in [0.2, 0.25) is 5.02 Å². The molecule has 4 aromatic rings. The Kier molecular flexibility index (Phi) is 6.06. The number of carbonyl (C=O) groups is 1. The summed E-state index contributed by atoms with van der Waals surface area (Å²) in [5.41, 5.74) is 0.677. The zero-order valence-corrected chi connectivity index (χ0v) is 17.5. The number of hydrogen-bond acceptors (Lipinski definition) is 7. The van der Waals surface area contributed by atoms with E-state index in [0.717, 1.165) is 0 Å². The van der Waals surface area contributed by atoms with Gasteiger partial charge < -0.3 is 14.5 Å². The van der Waals surface area contributed by atoms with Crippen LogP contribution in [0.4, 0.5) is 11.5 Å². The maximum absolute atomic E-state index is 12.7. The van der Waals surface area contributed by atoms with E-state index < -0.39 is 10.8 Å². The van der Waals surface area contributed by atoms with Crippen LogP contribution in [0.15, 0.2) is 71.3 Å². The minimum absolute atomic E-state index is 0.0246. The van der Waals surface area contributed by atoms with Gasteiger partial charge in [-0.2, -0.15) is 10.4 Å². The van der Waals surface area contributed by atoms with Crippen molar-refractivity contribution in [3.63, 3.8) is 0 Å². The summed E-state index contributed by atoms with van der Waals surface area (Å²) in [6.45, 7) is -0.112. The first-order valence-electron chi connectivity index (χ1n) is 9.46. The Labute approximate surface area is 191 Å². The molecule has 164 valence electrons. The third-order valence-corrected chi connectivity index (χ3v) is 4.82. The van der Waals surface area contributed by atoms with E-state index in [9.17, 15) is 20.2 Å². The molecule has 33 heavy (non-hydrogen) atoms. The van der Waals surface area contributed by atoms with E-state index in [4.69, 9.17) is 20.8 Å². The van der Waals surface area contributed by atoms with Gasteiger partial charge in [0, 0.05) is 6.07 Å². The number of rotatable bonds is 7. The minimum Gasteiger partial charge on any atom is -0.484 e. The topological polar surface area (TPSA) is 136 Å². The Hall–Kier alpha value is -4.62. The number of anilines is 1. The highest BCUT2D eigenvalue weighted by Crippen LogP contribution is 2.29. The molecule has 2 heterocycles. The van der Waals surface area contributed by atoms with Gasteiger partial charge in [0.25, 0.3) is 11.6 Å². The summed E-state index contributed by atoms with van der Waals surface area (Å²) in [4.78, 5) is 23.1. The van der Waals surface area contributed by atoms with Crippen LogP contribution < -0.4 is 10.1 Å². The van der Waals surface area contributed by atoms with Gasteiger partial charge in [0.15, 0.2) is 11.6 Å². The summed E-state index contributed by atoms with van der Waals surface area (Å²) in [5.74, 6) is -0.0166. The van der Waals surface area contributed by atoms with Crippen LogP contribution in [0.1, 0.15) is 21.9 Å². The smallest absolute Gasteiger partial charge is 0.292 e. The Bertz CT molecular complexity index is 1370. The highest BCUT2D eigenvalue weighted by Gasteiger charge is 2.19. The minimum atomic E-state index is -0.594. The van der Waals surface area contributed by atoms with Crippen molar-refractivity contribution in [2.45, 2.75) is 6.61 Å². The maximum Gasteiger partial charge on any atom is 0.292 e. The Morgan fingerprint density at radius 3 is 2.76 bits per heavy atom. The number of amides is 1. The van der Waals surface area contributed by atoms with Gasteiger partial charge >= 0.3 is 0 Å². The zero-order valence-electron chi connectivity index (χ0n) is 16.8. The predicted octanol–water partition coefficient (Wildman–Crippen LogP) is 4.73. The highest BCUT2D eigenvalue weighted by molar-refractivity contribution is 6.32. The third kappa shape index (κ3) is 4.68. The zero-order chi connectivity index (χ0) is 23.4. The van der Waals surface area contributed by atoms with Crippen molar-refractivity contribution in [3.8, 4) is 17.5 Å². The fraction of sp³-hybridized carbons (Fsp3) is 0.0455. The first-order valence-corrected chi connectivity index (χ1v) is 9.84. The van der Waals surface area contributed by atoms with Gasteiger partial charge in [0.1, 0.15) is 29.7 Å². The van der Waals surface area contributed by atoms with Crippen LogP contribution in [0.5, 0.6) is 5.75 Å². The molecule has 11 heteroatoms. The van der Waals surface area contributed by atoms with E-state index in [1.807, 2.05) is 12.1 Å². The fourth-order valence-corrected chi connectivity index (χ4v) is 3.10. The van der Waals surface area contributed by atoms with E-state index >= 15 is 0 Å². The number of hydrogen-bond donors (Lipinski definition) is 1. The molecule has 0 atom stereocenters. The van der Waals surface area contributed by atoms with E-state index in [1.54, 1.807) is 24.3 Å². The summed E-state index contributed by atoms with van der Waals surface area (Å²) < 4.78 is 12.5. The number of nitriles is 1. The van der Waals surface area contributed by atoms with Gasteiger partial charge in [0.05, 0.1) is 27.9 Å². The Morgan fingerprint density at radius 2 is 2.03 bits per heavy atom. The first-order chi connectivity index (χ1) is 16.0. The summed E-state index contributed by atoms with van der Waals surface area (Å²) in [7, 11) is 0. The lowest BCUT2D eigenvalue weighted by atomic mass is 10.3. The van der Waals surface area contributed by atoms with E-state index in [2.05, 4.69) is 10.4 Å². The lowest BCUT2D eigenvalue weighted by Gasteiger charge is -2.08. The molecule has 1 N–H and O–H groups in total. The molecule has 10 nitrogen and oxygen atoms in total. The molecule has 0 aliphatic rings. The quantitative estimate of drug-likeness (QED) is 0.309. The average Bonchev–Trinajstić information content (AvgIpc) is 3.46. The Balaban J connectivity index is 1.49. The van der Waals surface area contributed by atoms with Crippen LogP contribution in [0, 0.1) is 21.4 Å². The molecule has 0 radical (unpaired) electrons. The summed E-state index contributed by atoms with van der Waals surface area (Å²) >= 11 is 6.02. The number of benzene rings is 2. The fourth-order valence-electron chi connectivity index (χ4n) is 2.93. The molecule has 0 saturated heterocycles. The molecule has 2 aromatic carbocycles. The number of aromatic nitrogens is 2. The second-order valence-corrected chi connectivity index (χ2v) is 7.05. The van der Waals surface area contributed by atoms with Crippen molar-refractivity contribution in [1.82, 2.24) is 9.78 Å². The van der Waals surface area contributed by atoms with Crippen LogP contribution in [0.25, 0.3) is 5.69 Å². The van der Waals surface area contributed by atoms with Crippen molar-refractivity contribution < 1.29 is 18.9 Å². The van der Waals surface area contributed by atoms with Crippen molar-refractivity contribution in [2.75, 3.05) is 5.32 Å².